The predicted octanol–water partition coefficient (Wildman–Crippen LogP) is 7.76. The molecule has 0 bridgehead atoms. The molecule has 126 valence electrons. The molecule has 0 radical (unpaired) electrons. The van der Waals surface area contributed by atoms with E-state index >= 15 is 0 Å². The SMILES string of the molecule is CCCCCCC1CCC(CCCCC)C1CCCCC. The predicted molar refractivity (Wildman–Crippen MR) is 96.7 cm³/mol. The summed E-state index contributed by atoms with van der Waals surface area (Å²) in [5.41, 5.74) is 0. The quantitative estimate of drug-likeness (QED) is 0.304. The molecule has 0 aliphatic heterocycles. The number of rotatable bonds is 13. The smallest absolute Gasteiger partial charge is 0.0357 e. The van der Waals surface area contributed by atoms with Gasteiger partial charge in [0.15, 0.2) is 0 Å². The molecule has 1 fully saturated rings. The minimum absolute atomic E-state index is 1.09. The van der Waals surface area contributed by atoms with E-state index < -0.39 is 0 Å². The van der Waals surface area contributed by atoms with Crippen molar-refractivity contribution in [3.05, 3.63) is 0 Å². The molecule has 1 rings (SSSR count). The monoisotopic (exact) mass is 294 g/mol. The first-order valence-corrected chi connectivity index (χ1v) is 10.3. The summed E-state index contributed by atoms with van der Waals surface area (Å²) in [4.78, 5) is 0. The van der Waals surface area contributed by atoms with Gasteiger partial charge in [-0.2, -0.15) is 0 Å². The first kappa shape index (κ1) is 19.0. The van der Waals surface area contributed by atoms with Crippen LogP contribution in [0.25, 0.3) is 0 Å². The van der Waals surface area contributed by atoms with Crippen molar-refractivity contribution in [3.63, 3.8) is 0 Å². The van der Waals surface area contributed by atoms with E-state index in [0.717, 1.165) is 17.8 Å². The largest absolute Gasteiger partial charge is 0.0654 e. The molecule has 0 aromatic rings. The van der Waals surface area contributed by atoms with Crippen LogP contribution in [0.5, 0.6) is 0 Å². The maximum Gasteiger partial charge on any atom is -0.0357 e. The van der Waals surface area contributed by atoms with Crippen LogP contribution in [0, 0.1) is 17.8 Å². The second kappa shape index (κ2) is 12.5. The van der Waals surface area contributed by atoms with Crippen LogP contribution < -0.4 is 0 Å². The van der Waals surface area contributed by atoms with Gasteiger partial charge in [0, 0.05) is 0 Å². The Morgan fingerprint density at radius 2 is 0.952 bits per heavy atom. The normalized spacial score (nSPS) is 25.6. The molecular weight excluding hydrogens is 252 g/mol. The third kappa shape index (κ3) is 7.71. The standard InChI is InChI=1S/C21H42/c1-4-7-10-13-15-20-18-17-19(14-11-8-5-2)21(20)16-12-9-6-3/h19-21H,4-18H2,1-3H3. The van der Waals surface area contributed by atoms with E-state index in [1.165, 1.54) is 70.6 Å². The molecule has 1 saturated carbocycles. The van der Waals surface area contributed by atoms with Gasteiger partial charge in [0.2, 0.25) is 0 Å². The Kier molecular flexibility index (Phi) is 11.4. The number of unbranched alkanes of at least 4 members (excludes halogenated alkanes) is 7. The zero-order chi connectivity index (χ0) is 15.3. The highest BCUT2D eigenvalue weighted by Crippen LogP contribution is 2.45. The summed E-state index contributed by atoms with van der Waals surface area (Å²) in [6.45, 7) is 7.01. The van der Waals surface area contributed by atoms with Crippen molar-refractivity contribution in [1.29, 1.82) is 0 Å². The van der Waals surface area contributed by atoms with Gasteiger partial charge in [-0.3, -0.25) is 0 Å². The highest BCUT2D eigenvalue weighted by atomic mass is 14.4. The summed E-state index contributed by atoms with van der Waals surface area (Å²) < 4.78 is 0. The Bertz CT molecular complexity index is 220. The summed E-state index contributed by atoms with van der Waals surface area (Å²) in [7, 11) is 0. The number of hydrogen-bond donors (Lipinski definition) is 0. The molecule has 0 heteroatoms. The summed E-state index contributed by atoms with van der Waals surface area (Å²) >= 11 is 0. The van der Waals surface area contributed by atoms with E-state index in [2.05, 4.69) is 20.8 Å². The van der Waals surface area contributed by atoms with Crippen molar-refractivity contribution in [2.45, 2.75) is 117 Å². The molecular formula is C21H42. The fraction of sp³-hybridized carbons (Fsp3) is 1.00. The fourth-order valence-electron chi connectivity index (χ4n) is 4.55. The lowest BCUT2D eigenvalue weighted by molar-refractivity contribution is 0.252. The average molecular weight is 295 g/mol. The summed E-state index contributed by atoms with van der Waals surface area (Å²) in [6.07, 6.45) is 22.2. The molecule has 21 heavy (non-hydrogen) atoms. The Hall–Kier alpha value is 0. The van der Waals surface area contributed by atoms with Crippen LogP contribution in [0.3, 0.4) is 0 Å². The third-order valence-corrected chi connectivity index (χ3v) is 5.87. The van der Waals surface area contributed by atoms with Gasteiger partial charge < -0.3 is 0 Å². The molecule has 0 aromatic carbocycles. The lowest BCUT2D eigenvalue weighted by atomic mass is 9.80. The van der Waals surface area contributed by atoms with Crippen LogP contribution in [0.15, 0.2) is 0 Å². The highest BCUT2D eigenvalue weighted by molar-refractivity contribution is 4.84. The number of hydrogen-bond acceptors (Lipinski definition) is 0. The third-order valence-electron chi connectivity index (χ3n) is 5.87. The van der Waals surface area contributed by atoms with Crippen LogP contribution in [0.1, 0.15) is 117 Å². The van der Waals surface area contributed by atoms with Crippen molar-refractivity contribution in [2.24, 2.45) is 17.8 Å². The lowest BCUT2D eigenvalue weighted by Crippen LogP contribution is -2.15. The summed E-state index contributed by atoms with van der Waals surface area (Å²) in [6, 6.07) is 0. The van der Waals surface area contributed by atoms with Crippen LogP contribution in [-0.2, 0) is 0 Å². The molecule has 0 spiro atoms. The van der Waals surface area contributed by atoms with Crippen molar-refractivity contribution >= 4 is 0 Å². The zero-order valence-electron chi connectivity index (χ0n) is 15.3. The van der Waals surface area contributed by atoms with E-state index in [1.54, 1.807) is 25.7 Å². The van der Waals surface area contributed by atoms with E-state index in [1.807, 2.05) is 0 Å². The fourth-order valence-corrected chi connectivity index (χ4v) is 4.55. The minimum atomic E-state index is 1.09. The highest BCUT2D eigenvalue weighted by Gasteiger charge is 2.34. The molecule has 0 nitrogen and oxygen atoms in total. The van der Waals surface area contributed by atoms with Crippen molar-refractivity contribution in [1.82, 2.24) is 0 Å². The molecule has 0 saturated heterocycles. The molecule has 3 unspecified atom stereocenters. The van der Waals surface area contributed by atoms with Gasteiger partial charge in [-0.05, 0) is 37.0 Å². The molecule has 3 atom stereocenters. The summed E-state index contributed by atoms with van der Waals surface area (Å²) in [5.74, 6) is 3.27. The van der Waals surface area contributed by atoms with E-state index in [4.69, 9.17) is 0 Å². The Morgan fingerprint density at radius 1 is 0.524 bits per heavy atom. The van der Waals surface area contributed by atoms with Crippen molar-refractivity contribution in [2.75, 3.05) is 0 Å². The first-order chi connectivity index (χ1) is 10.3. The van der Waals surface area contributed by atoms with Crippen LogP contribution >= 0.6 is 0 Å². The average Bonchev–Trinajstić information content (AvgIpc) is 2.87. The van der Waals surface area contributed by atoms with Gasteiger partial charge >= 0.3 is 0 Å². The maximum absolute atomic E-state index is 2.34. The second-order valence-corrected chi connectivity index (χ2v) is 7.60. The van der Waals surface area contributed by atoms with Crippen LogP contribution in [0.2, 0.25) is 0 Å². The molecule has 0 N–H and O–H groups in total. The molecule has 0 heterocycles. The van der Waals surface area contributed by atoms with E-state index in [-0.39, 0.29) is 0 Å². The van der Waals surface area contributed by atoms with E-state index in [9.17, 15) is 0 Å². The Labute approximate surface area is 135 Å². The topological polar surface area (TPSA) is 0 Å². The van der Waals surface area contributed by atoms with E-state index in [0.29, 0.717) is 0 Å². The maximum atomic E-state index is 2.34. The first-order valence-electron chi connectivity index (χ1n) is 10.3. The minimum Gasteiger partial charge on any atom is -0.0654 e. The van der Waals surface area contributed by atoms with Gasteiger partial charge in [0.05, 0.1) is 0 Å². The Morgan fingerprint density at radius 3 is 1.48 bits per heavy atom. The van der Waals surface area contributed by atoms with Crippen LogP contribution in [-0.4, -0.2) is 0 Å². The Balaban J connectivity index is 2.36. The second-order valence-electron chi connectivity index (χ2n) is 7.60. The molecule has 0 aromatic heterocycles. The lowest BCUT2D eigenvalue weighted by Gasteiger charge is -2.25. The molecule has 0 amide bonds. The molecule has 1 aliphatic rings. The zero-order valence-corrected chi connectivity index (χ0v) is 15.3. The van der Waals surface area contributed by atoms with Gasteiger partial charge in [-0.1, -0.05) is 97.8 Å². The summed E-state index contributed by atoms with van der Waals surface area (Å²) in [5, 5.41) is 0. The van der Waals surface area contributed by atoms with Crippen LogP contribution in [0.4, 0.5) is 0 Å². The molecule has 1 aliphatic carbocycles. The van der Waals surface area contributed by atoms with Crippen molar-refractivity contribution < 1.29 is 0 Å². The van der Waals surface area contributed by atoms with Gasteiger partial charge in [0.25, 0.3) is 0 Å². The van der Waals surface area contributed by atoms with Gasteiger partial charge in [-0.25, -0.2) is 0 Å². The van der Waals surface area contributed by atoms with Crippen molar-refractivity contribution in [3.8, 4) is 0 Å². The van der Waals surface area contributed by atoms with Gasteiger partial charge in [-0.15, -0.1) is 0 Å². The van der Waals surface area contributed by atoms with Gasteiger partial charge in [0.1, 0.15) is 0 Å².